The van der Waals surface area contributed by atoms with Crippen LogP contribution in [0.1, 0.15) is 41.5 Å². The molecule has 1 unspecified atom stereocenters. The maximum absolute atomic E-state index is 13.2. The highest BCUT2D eigenvalue weighted by Crippen LogP contribution is 2.36. The van der Waals surface area contributed by atoms with Gasteiger partial charge in [0.1, 0.15) is 12.4 Å². The maximum Gasteiger partial charge on any atom is 0.314 e. The molecule has 31 heavy (non-hydrogen) atoms. The van der Waals surface area contributed by atoms with Crippen LogP contribution in [0, 0.1) is 11.7 Å². The number of carbonyl (C=O) groups excluding carboxylic acids is 1. The summed E-state index contributed by atoms with van der Waals surface area (Å²) in [5.41, 5.74) is 2.87. The number of H-pyrrole nitrogens is 1. The number of rotatable bonds is 7. The zero-order chi connectivity index (χ0) is 22.0. The summed E-state index contributed by atoms with van der Waals surface area (Å²) in [6.07, 6.45) is 2.47. The summed E-state index contributed by atoms with van der Waals surface area (Å²) in [6, 6.07) is 16.2. The van der Waals surface area contributed by atoms with Gasteiger partial charge < -0.3 is 9.72 Å². The molecule has 0 spiro atoms. The molecule has 0 radical (unpaired) electrons. The van der Waals surface area contributed by atoms with Crippen molar-refractivity contribution in [2.45, 2.75) is 32.8 Å². The van der Waals surface area contributed by atoms with E-state index in [2.05, 4.69) is 4.98 Å². The largest absolute Gasteiger partial charge is 0.459 e. The van der Waals surface area contributed by atoms with Gasteiger partial charge in [0.2, 0.25) is 0 Å². The van der Waals surface area contributed by atoms with E-state index in [4.69, 9.17) is 16.3 Å². The van der Waals surface area contributed by atoms with Crippen molar-refractivity contribution in [3.8, 4) is 0 Å². The lowest BCUT2D eigenvalue weighted by Gasteiger charge is -2.18. The molecule has 3 nitrogen and oxygen atoms in total. The molecule has 2 aromatic heterocycles. The van der Waals surface area contributed by atoms with Gasteiger partial charge in [-0.2, -0.15) is 0 Å². The van der Waals surface area contributed by atoms with E-state index in [0.717, 1.165) is 31.8 Å². The summed E-state index contributed by atoms with van der Waals surface area (Å²) >= 11 is 7.71. The Balaban J connectivity index is 1.47. The summed E-state index contributed by atoms with van der Waals surface area (Å²) in [4.78, 5) is 17.2. The minimum absolute atomic E-state index is 0.0957. The van der Waals surface area contributed by atoms with E-state index in [9.17, 15) is 9.18 Å². The van der Waals surface area contributed by atoms with Gasteiger partial charge in [0.05, 0.1) is 11.6 Å². The number of hydrogen-bond acceptors (Lipinski definition) is 3. The van der Waals surface area contributed by atoms with Crippen molar-refractivity contribution in [3.05, 3.63) is 93.3 Å². The van der Waals surface area contributed by atoms with Crippen LogP contribution in [0.2, 0.25) is 5.02 Å². The SMILES string of the molecule is CC(C)C(C(=O)OCc1[nH]ccc1Cc1ccc(F)cc1)c1cc2cc(Cl)ccc2s1. The number of esters is 1. The van der Waals surface area contributed by atoms with Crippen molar-refractivity contribution in [2.24, 2.45) is 5.92 Å². The highest BCUT2D eigenvalue weighted by atomic mass is 35.5. The van der Waals surface area contributed by atoms with Crippen LogP contribution in [0.25, 0.3) is 10.1 Å². The Morgan fingerprint density at radius 1 is 1.13 bits per heavy atom. The fraction of sp³-hybridized carbons (Fsp3) is 0.240. The molecule has 0 saturated carbocycles. The highest BCUT2D eigenvalue weighted by Gasteiger charge is 2.28. The Bertz CT molecular complexity index is 1200. The molecule has 0 aliphatic carbocycles. The lowest BCUT2D eigenvalue weighted by atomic mass is 9.94. The Kier molecular flexibility index (Phi) is 6.44. The molecule has 0 bridgehead atoms. The quantitative estimate of drug-likeness (QED) is 0.302. The smallest absolute Gasteiger partial charge is 0.314 e. The molecule has 4 aromatic rings. The van der Waals surface area contributed by atoms with E-state index in [1.807, 2.05) is 50.4 Å². The summed E-state index contributed by atoms with van der Waals surface area (Å²) in [7, 11) is 0. The summed E-state index contributed by atoms with van der Waals surface area (Å²) in [5.74, 6) is -0.741. The molecule has 2 heterocycles. The number of hydrogen-bond donors (Lipinski definition) is 1. The van der Waals surface area contributed by atoms with E-state index in [0.29, 0.717) is 11.4 Å². The Labute approximate surface area is 189 Å². The van der Waals surface area contributed by atoms with Crippen LogP contribution in [-0.4, -0.2) is 11.0 Å². The van der Waals surface area contributed by atoms with Crippen molar-refractivity contribution in [2.75, 3.05) is 0 Å². The average molecular weight is 456 g/mol. The van der Waals surface area contributed by atoms with E-state index >= 15 is 0 Å². The van der Waals surface area contributed by atoms with Crippen molar-refractivity contribution in [1.29, 1.82) is 0 Å². The Hall–Kier alpha value is -2.63. The molecule has 0 fully saturated rings. The molecule has 1 atom stereocenters. The lowest BCUT2D eigenvalue weighted by molar-refractivity contribution is -0.148. The van der Waals surface area contributed by atoms with Crippen LogP contribution in [0.4, 0.5) is 4.39 Å². The number of ether oxygens (including phenoxy) is 1. The van der Waals surface area contributed by atoms with Crippen LogP contribution < -0.4 is 0 Å². The van der Waals surface area contributed by atoms with Crippen LogP contribution >= 0.6 is 22.9 Å². The first-order valence-electron chi connectivity index (χ1n) is 10.2. The monoisotopic (exact) mass is 455 g/mol. The van der Waals surface area contributed by atoms with Crippen molar-refractivity contribution in [1.82, 2.24) is 4.98 Å². The molecule has 0 amide bonds. The fourth-order valence-corrected chi connectivity index (χ4v) is 5.18. The second-order valence-corrected chi connectivity index (χ2v) is 9.50. The van der Waals surface area contributed by atoms with Gasteiger partial charge in [0.15, 0.2) is 0 Å². The third-order valence-corrected chi connectivity index (χ3v) is 6.76. The minimum atomic E-state index is -0.341. The number of halogens is 2. The topological polar surface area (TPSA) is 42.1 Å². The first kappa shape index (κ1) is 21.6. The third-order valence-electron chi connectivity index (χ3n) is 5.32. The van der Waals surface area contributed by atoms with Gasteiger partial charge in [-0.25, -0.2) is 4.39 Å². The molecule has 160 valence electrons. The molecule has 0 aliphatic heterocycles. The molecular weight excluding hydrogens is 433 g/mol. The second kappa shape index (κ2) is 9.25. The lowest BCUT2D eigenvalue weighted by Crippen LogP contribution is -2.20. The van der Waals surface area contributed by atoms with Crippen molar-refractivity contribution < 1.29 is 13.9 Å². The van der Waals surface area contributed by atoms with Crippen molar-refractivity contribution >= 4 is 39.0 Å². The first-order valence-corrected chi connectivity index (χ1v) is 11.4. The standard InChI is InChI=1S/C25H23ClFNO2S/c1-15(2)24(23-13-18-12-19(26)5-8-22(18)31-23)25(29)30-14-21-17(9-10-28-21)11-16-3-6-20(27)7-4-16/h3-10,12-13,15,24,28H,11,14H2,1-2H3. The molecule has 0 saturated heterocycles. The predicted octanol–water partition coefficient (Wildman–Crippen LogP) is 7.10. The predicted molar refractivity (Wildman–Crippen MR) is 124 cm³/mol. The van der Waals surface area contributed by atoms with E-state index in [-0.39, 0.29) is 30.2 Å². The van der Waals surface area contributed by atoms with Crippen LogP contribution in [-0.2, 0) is 22.6 Å². The third kappa shape index (κ3) is 5.00. The highest BCUT2D eigenvalue weighted by molar-refractivity contribution is 7.19. The number of aromatic amines is 1. The average Bonchev–Trinajstić information content (AvgIpc) is 3.34. The minimum Gasteiger partial charge on any atom is -0.459 e. The number of fused-ring (bicyclic) bond motifs is 1. The molecule has 1 N–H and O–H groups in total. The number of aromatic nitrogens is 1. The summed E-state index contributed by atoms with van der Waals surface area (Å²) in [6.45, 7) is 4.22. The van der Waals surface area contributed by atoms with Gasteiger partial charge in [0, 0.05) is 20.8 Å². The number of benzene rings is 2. The Morgan fingerprint density at radius 2 is 1.90 bits per heavy atom. The Morgan fingerprint density at radius 3 is 2.65 bits per heavy atom. The first-order chi connectivity index (χ1) is 14.9. The van der Waals surface area contributed by atoms with E-state index < -0.39 is 0 Å². The van der Waals surface area contributed by atoms with Crippen LogP contribution in [0.15, 0.2) is 60.8 Å². The number of carbonyl (C=O) groups is 1. The number of nitrogens with one attached hydrogen (secondary N) is 1. The zero-order valence-electron chi connectivity index (χ0n) is 17.3. The molecule has 2 aromatic carbocycles. The van der Waals surface area contributed by atoms with Gasteiger partial charge in [-0.15, -0.1) is 11.3 Å². The molecule has 4 rings (SSSR count). The maximum atomic E-state index is 13.2. The summed E-state index contributed by atoms with van der Waals surface area (Å²) in [5, 5.41) is 1.72. The van der Waals surface area contributed by atoms with Gasteiger partial charge in [-0.1, -0.05) is 37.6 Å². The van der Waals surface area contributed by atoms with E-state index in [1.165, 1.54) is 12.1 Å². The van der Waals surface area contributed by atoms with E-state index in [1.54, 1.807) is 23.5 Å². The van der Waals surface area contributed by atoms with Gasteiger partial charge in [-0.05, 0) is 71.3 Å². The van der Waals surface area contributed by atoms with Crippen LogP contribution in [0.5, 0.6) is 0 Å². The van der Waals surface area contributed by atoms with Crippen LogP contribution in [0.3, 0.4) is 0 Å². The molecule has 6 heteroatoms. The van der Waals surface area contributed by atoms with Gasteiger partial charge >= 0.3 is 5.97 Å². The zero-order valence-corrected chi connectivity index (χ0v) is 18.9. The number of thiophene rings is 1. The van der Waals surface area contributed by atoms with Crippen molar-refractivity contribution in [3.63, 3.8) is 0 Å². The fourth-order valence-electron chi connectivity index (χ4n) is 3.70. The second-order valence-electron chi connectivity index (χ2n) is 7.95. The molecule has 0 aliphatic rings. The van der Waals surface area contributed by atoms with Gasteiger partial charge in [-0.3, -0.25) is 4.79 Å². The summed E-state index contributed by atoms with van der Waals surface area (Å²) < 4.78 is 20.0. The normalized spacial score (nSPS) is 12.4. The van der Waals surface area contributed by atoms with Gasteiger partial charge in [0.25, 0.3) is 0 Å². The molecular formula is C25H23ClFNO2S.